The van der Waals surface area contributed by atoms with Crippen LogP contribution in [0.2, 0.25) is 0 Å². The van der Waals surface area contributed by atoms with Gasteiger partial charge in [0.1, 0.15) is 0 Å². The van der Waals surface area contributed by atoms with Crippen LogP contribution in [0.25, 0.3) is 11.3 Å². The van der Waals surface area contributed by atoms with Crippen LogP contribution in [0, 0.1) is 0 Å². The molecule has 1 aromatic heterocycles. The molecule has 0 saturated heterocycles. The molecule has 0 radical (unpaired) electrons. The molecule has 0 unspecified atom stereocenters. The van der Waals surface area contributed by atoms with Crippen molar-refractivity contribution in [1.82, 2.24) is 4.98 Å². The van der Waals surface area contributed by atoms with Crippen molar-refractivity contribution in [2.24, 2.45) is 5.73 Å². The second-order valence-corrected chi connectivity index (χ2v) is 4.12. The van der Waals surface area contributed by atoms with Gasteiger partial charge < -0.3 is 15.2 Å². The van der Waals surface area contributed by atoms with Crippen molar-refractivity contribution in [3.8, 4) is 22.8 Å². The van der Waals surface area contributed by atoms with Crippen molar-refractivity contribution in [3.63, 3.8) is 0 Å². The fourth-order valence-corrected chi connectivity index (χ4v) is 1.98. The lowest BCUT2D eigenvalue weighted by Gasteiger charge is -2.05. The average molecular weight is 242 g/mol. The van der Waals surface area contributed by atoms with E-state index in [9.17, 15) is 0 Å². The number of pyridine rings is 1. The summed E-state index contributed by atoms with van der Waals surface area (Å²) in [6.45, 7) is 0.900. The van der Waals surface area contributed by atoms with Gasteiger partial charge in [0.15, 0.2) is 11.5 Å². The Morgan fingerprint density at radius 2 is 2.00 bits per heavy atom. The number of nitrogens with zero attached hydrogens (tertiary/aromatic N) is 1. The van der Waals surface area contributed by atoms with Crippen LogP contribution in [0.5, 0.6) is 11.5 Å². The lowest BCUT2D eigenvalue weighted by molar-refractivity contribution is 0.174. The summed E-state index contributed by atoms with van der Waals surface area (Å²) in [7, 11) is 0. The first-order valence-corrected chi connectivity index (χ1v) is 5.93. The lowest BCUT2D eigenvalue weighted by atomic mass is 10.1. The smallest absolute Gasteiger partial charge is 0.231 e. The topological polar surface area (TPSA) is 57.4 Å². The minimum Gasteiger partial charge on any atom is -0.454 e. The molecule has 3 rings (SSSR count). The van der Waals surface area contributed by atoms with Gasteiger partial charge in [0.25, 0.3) is 0 Å². The molecular formula is C14H14N2O2. The van der Waals surface area contributed by atoms with E-state index in [0.717, 1.165) is 34.9 Å². The first-order chi connectivity index (χ1) is 8.86. The Hall–Kier alpha value is -2.07. The molecular weight excluding hydrogens is 228 g/mol. The van der Waals surface area contributed by atoms with E-state index in [4.69, 9.17) is 15.2 Å². The summed E-state index contributed by atoms with van der Waals surface area (Å²) in [6.07, 6.45) is 0.790. The normalized spacial score (nSPS) is 12.7. The molecule has 0 bridgehead atoms. The van der Waals surface area contributed by atoms with Crippen LogP contribution in [0.4, 0.5) is 0 Å². The predicted octanol–water partition coefficient (Wildman–Crippen LogP) is 1.98. The zero-order chi connectivity index (χ0) is 12.4. The third-order valence-corrected chi connectivity index (χ3v) is 2.88. The molecule has 18 heavy (non-hydrogen) atoms. The molecule has 1 aliphatic rings. The van der Waals surface area contributed by atoms with Crippen LogP contribution in [0.3, 0.4) is 0 Å². The summed E-state index contributed by atoms with van der Waals surface area (Å²) in [5, 5.41) is 0. The van der Waals surface area contributed by atoms with Crippen molar-refractivity contribution in [3.05, 3.63) is 42.1 Å². The highest BCUT2D eigenvalue weighted by Crippen LogP contribution is 2.35. The van der Waals surface area contributed by atoms with Crippen LogP contribution in [-0.4, -0.2) is 18.3 Å². The van der Waals surface area contributed by atoms with Crippen molar-refractivity contribution in [2.45, 2.75) is 6.42 Å². The molecule has 4 nitrogen and oxygen atoms in total. The maximum absolute atomic E-state index is 5.55. The highest BCUT2D eigenvalue weighted by Gasteiger charge is 2.14. The van der Waals surface area contributed by atoms with Gasteiger partial charge in [-0.3, -0.25) is 4.98 Å². The molecule has 2 heterocycles. The minimum atomic E-state index is 0.291. The number of nitrogens with two attached hydrogens (primary N) is 1. The van der Waals surface area contributed by atoms with E-state index in [2.05, 4.69) is 4.98 Å². The Morgan fingerprint density at radius 3 is 2.89 bits per heavy atom. The van der Waals surface area contributed by atoms with Crippen LogP contribution >= 0.6 is 0 Å². The predicted molar refractivity (Wildman–Crippen MR) is 68.6 cm³/mol. The standard InChI is InChI=1S/C14H14N2O2/c15-7-6-11-2-1-3-12(16-11)10-4-5-13-14(8-10)18-9-17-13/h1-5,8H,6-7,9,15H2. The second-order valence-electron chi connectivity index (χ2n) is 4.12. The molecule has 1 aromatic carbocycles. The fraction of sp³-hybridized carbons (Fsp3) is 0.214. The summed E-state index contributed by atoms with van der Waals surface area (Å²) in [5.41, 5.74) is 8.51. The highest BCUT2D eigenvalue weighted by molar-refractivity contribution is 5.64. The molecule has 0 atom stereocenters. The van der Waals surface area contributed by atoms with Gasteiger partial charge in [0, 0.05) is 17.7 Å². The third kappa shape index (κ3) is 2.02. The zero-order valence-corrected chi connectivity index (χ0v) is 9.93. The van der Waals surface area contributed by atoms with Crippen LogP contribution in [0.15, 0.2) is 36.4 Å². The van der Waals surface area contributed by atoms with E-state index in [1.54, 1.807) is 0 Å². The molecule has 92 valence electrons. The zero-order valence-electron chi connectivity index (χ0n) is 9.93. The summed E-state index contributed by atoms with van der Waals surface area (Å²) in [4.78, 5) is 4.58. The first kappa shape index (κ1) is 11.0. The Bertz CT molecular complexity index is 569. The van der Waals surface area contributed by atoms with Gasteiger partial charge in [-0.25, -0.2) is 0 Å². The van der Waals surface area contributed by atoms with Crippen LogP contribution in [-0.2, 0) is 6.42 Å². The van der Waals surface area contributed by atoms with E-state index in [1.807, 2.05) is 36.4 Å². The van der Waals surface area contributed by atoms with E-state index >= 15 is 0 Å². The monoisotopic (exact) mass is 242 g/mol. The molecule has 4 heteroatoms. The summed E-state index contributed by atoms with van der Waals surface area (Å²) in [5.74, 6) is 1.57. The maximum Gasteiger partial charge on any atom is 0.231 e. The average Bonchev–Trinajstić information content (AvgIpc) is 2.86. The summed E-state index contributed by atoms with van der Waals surface area (Å²) in [6, 6.07) is 11.8. The van der Waals surface area contributed by atoms with Gasteiger partial charge in [-0.2, -0.15) is 0 Å². The SMILES string of the molecule is NCCc1cccc(-c2ccc3c(c2)OCO3)n1. The fourth-order valence-electron chi connectivity index (χ4n) is 1.98. The third-order valence-electron chi connectivity index (χ3n) is 2.88. The Labute approximate surface area is 105 Å². The van der Waals surface area contributed by atoms with Crippen molar-refractivity contribution in [2.75, 3.05) is 13.3 Å². The molecule has 0 saturated carbocycles. The molecule has 0 aliphatic carbocycles. The van der Waals surface area contributed by atoms with Gasteiger partial charge in [0.05, 0.1) is 5.69 Å². The van der Waals surface area contributed by atoms with Crippen molar-refractivity contribution >= 4 is 0 Å². The van der Waals surface area contributed by atoms with E-state index in [-0.39, 0.29) is 0 Å². The second kappa shape index (κ2) is 4.66. The minimum absolute atomic E-state index is 0.291. The molecule has 0 fully saturated rings. The number of hydrogen-bond donors (Lipinski definition) is 1. The number of aromatic nitrogens is 1. The maximum atomic E-state index is 5.55. The number of rotatable bonds is 3. The Morgan fingerprint density at radius 1 is 1.11 bits per heavy atom. The molecule has 2 N–H and O–H groups in total. The van der Waals surface area contributed by atoms with Crippen molar-refractivity contribution < 1.29 is 9.47 Å². The van der Waals surface area contributed by atoms with Gasteiger partial charge in [0.2, 0.25) is 6.79 Å². The van der Waals surface area contributed by atoms with E-state index < -0.39 is 0 Å². The highest BCUT2D eigenvalue weighted by atomic mass is 16.7. The van der Waals surface area contributed by atoms with Crippen LogP contribution < -0.4 is 15.2 Å². The number of hydrogen-bond acceptors (Lipinski definition) is 4. The van der Waals surface area contributed by atoms with E-state index in [0.29, 0.717) is 13.3 Å². The lowest BCUT2D eigenvalue weighted by Crippen LogP contribution is -2.04. The van der Waals surface area contributed by atoms with Gasteiger partial charge in [-0.05, 0) is 36.9 Å². The Balaban J connectivity index is 1.96. The molecule has 0 spiro atoms. The van der Waals surface area contributed by atoms with Gasteiger partial charge in [-0.15, -0.1) is 0 Å². The van der Waals surface area contributed by atoms with Crippen LogP contribution in [0.1, 0.15) is 5.69 Å². The van der Waals surface area contributed by atoms with Crippen molar-refractivity contribution in [1.29, 1.82) is 0 Å². The molecule has 1 aliphatic heterocycles. The quantitative estimate of drug-likeness (QED) is 0.894. The summed E-state index contributed by atoms with van der Waals surface area (Å²) < 4.78 is 10.7. The largest absolute Gasteiger partial charge is 0.454 e. The number of benzene rings is 1. The van der Waals surface area contributed by atoms with Gasteiger partial charge >= 0.3 is 0 Å². The van der Waals surface area contributed by atoms with E-state index in [1.165, 1.54) is 0 Å². The number of ether oxygens (including phenoxy) is 2. The first-order valence-electron chi connectivity index (χ1n) is 5.93. The Kier molecular flexibility index (Phi) is 2.86. The number of fused-ring (bicyclic) bond motifs is 1. The summed E-state index contributed by atoms with van der Waals surface area (Å²) >= 11 is 0. The van der Waals surface area contributed by atoms with Gasteiger partial charge in [-0.1, -0.05) is 6.07 Å². The molecule has 2 aromatic rings. The molecule has 0 amide bonds.